The van der Waals surface area contributed by atoms with Gasteiger partial charge < -0.3 is 9.47 Å². The van der Waals surface area contributed by atoms with Crippen molar-refractivity contribution in [2.24, 2.45) is 0 Å². The van der Waals surface area contributed by atoms with Gasteiger partial charge in [0.25, 0.3) is 0 Å². The van der Waals surface area contributed by atoms with Crippen LogP contribution in [0.3, 0.4) is 0 Å². The first kappa shape index (κ1) is 15.1. The summed E-state index contributed by atoms with van der Waals surface area (Å²) in [7, 11) is 3.13. The Morgan fingerprint density at radius 1 is 1.15 bits per heavy atom. The maximum Gasteiger partial charge on any atom is 0.141 e. The molecule has 0 heterocycles. The first-order valence-electron chi connectivity index (χ1n) is 5.88. The number of alkyl halides is 1. The Balaban J connectivity index is 2.49. The van der Waals surface area contributed by atoms with Crippen molar-refractivity contribution in [2.75, 3.05) is 14.2 Å². The van der Waals surface area contributed by atoms with Crippen LogP contribution in [0.1, 0.15) is 16.5 Å². The van der Waals surface area contributed by atoms with Crippen molar-refractivity contribution in [3.05, 3.63) is 57.8 Å². The molecule has 2 aromatic rings. The fourth-order valence-corrected chi connectivity index (χ4v) is 2.95. The van der Waals surface area contributed by atoms with Crippen molar-refractivity contribution in [3.63, 3.8) is 0 Å². The molecule has 0 radical (unpaired) electrons. The molecule has 20 heavy (non-hydrogen) atoms. The second-order valence-electron chi connectivity index (χ2n) is 4.12. The van der Waals surface area contributed by atoms with Gasteiger partial charge in [0.05, 0.1) is 19.6 Å². The molecule has 0 aliphatic carbocycles. The molecule has 0 fully saturated rings. The average Bonchev–Trinajstić information content (AvgIpc) is 2.46. The fourth-order valence-electron chi connectivity index (χ4n) is 1.96. The molecule has 1 unspecified atom stereocenters. The lowest BCUT2D eigenvalue weighted by Gasteiger charge is -2.17. The molecule has 0 bridgehead atoms. The highest BCUT2D eigenvalue weighted by molar-refractivity contribution is 9.10. The largest absolute Gasteiger partial charge is 0.495 e. The van der Waals surface area contributed by atoms with Crippen molar-refractivity contribution in [1.82, 2.24) is 0 Å². The van der Waals surface area contributed by atoms with Gasteiger partial charge in [0.15, 0.2) is 0 Å². The van der Waals surface area contributed by atoms with Gasteiger partial charge in [-0.25, -0.2) is 4.39 Å². The van der Waals surface area contributed by atoms with Crippen molar-refractivity contribution in [1.29, 1.82) is 0 Å². The maximum absolute atomic E-state index is 13.3. The zero-order chi connectivity index (χ0) is 14.7. The Morgan fingerprint density at radius 2 is 1.90 bits per heavy atom. The zero-order valence-corrected chi connectivity index (χ0v) is 13.3. The highest BCUT2D eigenvalue weighted by atomic mass is 79.9. The predicted octanol–water partition coefficient (Wildman–Crippen LogP) is 4.93. The second kappa shape index (κ2) is 6.46. The molecule has 0 saturated carbocycles. The summed E-state index contributed by atoms with van der Waals surface area (Å²) in [5, 5.41) is -0.511. The third-order valence-corrected chi connectivity index (χ3v) is 4.17. The van der Waals surface area contributed by atoms with Crippen LogP contribution < -0.4 is 9.47 Å². The van der Waals surface area contributed by atoms with E-state index in [0.717, 1.165) is 5.56 Å². The molecule has 0 amide bonds. The molecule has 5 heteroatoms. The minimum atomic E-state index is -0.511. The molecular weight excluding hydrogens is 347 g/mol. The van der Waals surface area contributed by atoms with Crippen molar-refractivity contribution < 1.29 is 13.9 Å². The number of rotatable bonds is 4. The Labute approximate surface area is 130 Å². The van der Waals surface area contributed by atoms with Crippen LogP contribution in [0.5, 0.6) is 11.5 Å². The van der Waals surface area contributed by atoms with E-state index in [1.807, 2.05) is 6.07 Å². The minimum absolute atomic E-state index is 0.320. The molecule has 0 aromatic heterocycles. The molecule has 0 aliphatic heterocycles. The zero-order valence-electron chi connectivity index (χ0n) is 11.0. The SMILES string of the molecule is COc1ccc(C(Cl)c2cccc(F)c2)c(OC)c1Br. The third kappa shape index (κ3) is 2.91. The van der Waals surface area contributed by atoms with E-state index in [9.17, 15) is 4.39 Å². The van der Waals surface area contributed by atoms with Crippen LogP contribution in [0.25, 0.3) is 0 Å². The summed E-state index contributed by atoms with van der Waals surface area (Å²) in [6.07, 6.45) is 0. The van der Waals surface area contributed by atoms with Gasteiger partial charge in [-0.05, 0) is 45.8 Å². The molecule has 2 nitrogen and oxygen atoms in total. The Morgan fingerprint density at radius 3 is 2.50 bits per heavy atom. The summed E-state index contributed by atoms with van der Waals surface area (Å²) in [5.74, 6) is 0.905. The van der Waals surface area contributed by atoms with Gasteiger partial charge in [0.1, 0.15) is 21.8 Å². The van der Waals surface area contributed by atoms with E-state index in [2.05, 4.69) is 15.9 Å². The standard InChI is InChI=1S/C15H13BrClFO2/c1-19-12-7-6-11(15(20-2)13(12)16)14(17)9-4-3-5-10(18)8-9/h3-8,14H,1-2H3. The average molecular weight is 360 g/mol. The third-order valence-electron chi connectivity index (χ3n) is 2.93. The lowest BCUT2D eigenvalue weighted by molar-refractivity contribution is 0.386. The predicted molar refractivity (Wildman–Crippen MR) is 81.3 cm³/mol. The molecule has 0 saturated heterocycles. The summed E-state index contributed by atoms with van der Waals surface area (Å²) >= 11 is 9.87. The molecule has 0 aliphatic rings. The fraction of sp³-hybridized carbons (Fsp3) is 0.200. The molecule has 106 valence electrons. The summed E-state index contributed by atoms with van der Waals surface area (Å²) in [5.41, 5.74) is 1.41. The van der Waals surface area contributed by atoms with E-state index in [1.54, 1.807) is 32.4 Å². The van der Waals surface area contributed by atoms with Crippen LogP contribution in [0.2, 0.25) is 0 Å². The van der Waals surface area contributed by atoms with Gasteiger partial charge in [-0.1, -0.05) is 12.1 Å². The summed E-state index contributed by atoms with van der Waals surface area (Å²) in [4.78, 5) is 0. The molecular formula is C15H13BrClFO2. The molecule has 1 atom stereocenters. The van der Waals surface area contributed by atoms with Crippen LogP contribution in [0.15, 0.2) is 40.9 Å². The number of hydrogen-bond acceptors (Lipinski definition) is 2. The monoisotopic (exact) mass is 358 g/mol. The summed E-state index contributed by atoms with van der Waals surface area (Å²) < 4.78 is 24.6. The van der Waals surface area contributed by atoms with Crippen LogP contribution in [0.4, 0.5) is 4.39 Å². The minimum Gasteiger partial charge on any atom is -0.495 e. The molecule has 0 spiro atoms. The van der Waals surface area contributed by atoms with E-state index >= 15 is 0 Å². The lowest BCUT2D eigenvalue weighted by atomic mass is 10.0. The number of benzene rings is 2. The smallest absolute Gasteiger partial charge is 0.141 e. The number of methoxy groups -OCH3 is 2. The quantitative estimate of drug-likeness (QED) is 0.720. The maximum atomic E-state index is 13.3. The van der Waals surface area contributed by atoms with E-state index in [1.165, 1.54) is 12.1 Å². The molecule has 0 N–H and O–H groups in total. The van der Waals surface area contributed by atoms with Crippen LogP contribution >= 0.6 is 27.5 Å². The molecule has 2 rings (SSSR count). The number of hydrogen-bond donors (Lipinski definition) is 0. The van der Waals surface area contributed by atoms with Gasteiger partial charge >= 0.3 is 0 Å². The summed E-state index contributed by atoms with van der Waals surface area (Å²) in [6.45, 7) is 0. The van der Waals surface area contributed by atoms with Gasteiger partial charge in [-0.15, -0.1) is 11.6 Å². The molecule has 2 aromatic carbocycles. The second-order valence-corrected chi connectivity index (χ2v) is 5.35. The van der Waals surface area contributed by atoms with Crippen LogP contribution in [0, 0.1) is 5.82 Å². The van der Waals surface area contributed by atoms with Crippen LogP contribution in [-0.2, 0) is 0 Å². The van der Waals surface area contributed by atoms with Gasteiger partial charge in [0.2, 0.25) is 0 Å². The van der Waals surface area contributed by atoms with Crippen molar-refractivity contribution >= 4 is 27.5 Å². The van der Waals surface area contributed by atoms with Gasteiger partial charge in [-0.3, -0.25) is 0 Å². The van der Waals surface area contributed by atoms with Crippen molar-refractivity contribution in [3.8, 4) is 11.5 Å². The Hall–Kier alpha value is -1.26. The van der Waals surface area contributed by atoms with Crippen LogP contribution in [-0.4, -0.2) is 14.2 Å². The van der Waals surface area contributed by atoms with E-state index in [-0.39, 0.29) is 5.82 Å². The highest BCUT2D eigenvalue weighted by Crippen LogP contribution is 2.43. The van der Waals surface area contributed by atoms with E-state index in [0.29, 0.717) is 21.5 Å². The first-order chi connectivity index (χ1) is 9.58. The van der Waals surface area contributed by atoms with Gasteiger partial charge in [0, 0.05) is 5.56 Å². The first-order valence-corrected chi connectivity index (χ1v) is 7.11. The summed E-state index contributed by atoms with van der Waals surface area (Å²) in [6, 6.07) is 9.80. The Bertz CT molecular complexity index is 619. The number of ether oxygens (including phenoxy) is 2. The van der Waals surface area contributed by atoms with Crippen molar-refractivity contribution in [2.45, 2.75) is 5.38 Å². The Kier molecular flexibility index (Phi) is 4.89. The van der Waals surface area contributed by atoms with E-state index < -0.39 is 5.38 Å². The normalized spacial score (nSPS) is 12.1. The van der Waals surface area contributed by atoms with Gasteiger partial charge in [-0.2, -0.15) is 0 Å². The highest BCUT2D eigenvalue weighted by Gasteiger charge is 2.20. The number of halogens is 3. The van der Waals surface area contributed by atoms with E-state index in [4.69, 9.17) is 21.1 Å². The lowest BCUT2D eigenvalue weighted by Crippen LogP contribution is -2.00. The topological polar surface area (TPSA) is 18.5 Å².